The quantitative estimate of drug-likeness (QED) is 0.596. The first-order chi connectivity index (χ1) is 5.60. The molecule has 0 aromatic rings. The number of ether oxygens (including phenoxy) is 1. The summed E-state index contributed by atoms with van der Waals surface area (Å²) in [7, 11) is 0. The van der Waals surface area contributed by atoms with E-state index in [2.05, 4.69) is 20.8 Å². The van der Waals surface area contributed by atoms with E-state index < -0.39 is 0 Å². The van der Waals surface area contributed by atoms with Crippen molar-refractivity contribution in [3.63, 3.8) is 0 Å². The Hall–Kier alpha value is -0.530. The Morgan fingerprint density at radius 3 is 2.25 bits per heavy atom. The molecule has 2 atom stereocenters. The maximum absolute atomic E-state index is 10.7. The molecule has 0 aromatic carbocycles. The fraction of sp³-hybridized carbons (Fsp3) is 0.900. The number of rotatable bonds is 5. The van der Waals surface area contributed by atoms with E-state index in [1.165, 1.54) is 6.92 Å². The minimum atomic E-state index is -0.162. The summed E-state index contributed by atoms with van der Waals surface area (Å²) in [5.41, 5.74) is 0. The van der Waals surface area contributed by atoms with Gasteiger partial charge in [0.2, 0.25) is 0 Å². The normalized spacial score (nSPS) is 15.3. The summed E-state index contributed by atoms with van der Waals surface area (Å²) in [6.45, 7) is 7.87. The van der Waals surface area contributed by atoms with E-state index >= 15 is 0 Å². The highest BCUT2D eigenvalue weighted by Gasteiger charge is 2.12. The molecule has 0 spiro atoms. The summed E-state index contributed by atoms with van der Waals surface area (Å²) < 4.78 is 5.13. The molecule has 0 N–H and O–H groups in total. The van der Waals surface area contributed by atoms with Crippen LogP contribution in [-0.4, -0.2) is 12.1 Å². The van der Waals surface area contributed by atoms with Gasteiger partial charge in [-0.1, -0.05) is 27.2 Å². The highest BCUT2D eigenvalue weighted by atomic mass is 16.5. The molecule has 2 heteroatoms. The van der Waals surface area contributed by atoms with Gasteiger partial charge in [0, 0.05) is 6.92 Å². The molecule has 0 saturated carbocycles. The summed E-state index contributed by atoms with van der Waals surface area (Å²) in [5.74, 6) is 0.486. The van der Waals surface area contributed by atoms with E-state index in [0.717, 1.165) is 19.3 Å². The molecular weight excluding hydrogens is 152 g/mol. The van der Waals surface area contributed by atoms with Crippen LogP contribution in [0.15, 0.2) is 0 Å². The van der Waals surface area contributed by atoms with Gasteiger partial charge < -0.3 is 4.74 Å². The SMILES string of the molecule is CC[C@H](C)C[C@@H](CC)OC(C)=O. The maximum atomic E-state index is 10.7. The molecule has 0 unspecified atom stereocenters. The largest absolute Gasteiger partial charge is 0.463 e. The third-order valence-corrected chi connectivity index (χ3v) is 2.15. The van der Waals surface area contributed by atoms with Crippen LogP contribution in [0.4, 0.5) is 0 Å². The molecular formula is C10H20O2. The molecule has 0 aliphatic heterocycles. The van der Waals surface area contributed by atoms with Crippen LogP contribution in [0.25, 0.3) is 0 Å². The van der Waals surface area contributed by atoms with Crippen molar-refractivity contribution in [2.45, 2.75) is 53.1 Å². The summed E-state index contributed by atoms with van der Waals surface area (Å²) in [6.07, 6.45) is 3.19. The van der Waals surface area contributed by atoms with Crippen LogP contribution in [0.3, 0.4) is 0 Å². The zero-order valence-corrected chi connectivity index (χ0v) is 8.59. The molecule has 72 valence electrons. The van der Waals surface area contributed by atoms with E-state index in [4.69, 9.17) is 4.74 Å². The van der Waals surface area contributed by atoms with Crippen LogP contribution in [0.2, 0.25) is 0 Å². The van der Waals surface area contributed by atoms with Crippen molar-refractivity contribution < 1.29 is 9.53 Å². The lowest BCUT2D eigenvalue weighted by molar-refractivity contribution is -0.147. The first kappa shape index (κ1) is 11.5. The zero-order chi connectivity index (χ0) is 9.56. The highest BCUT2D eigenvalue weighted by molar-refractivity contribution is 5.66. The molecule has 0 aliphatic rings. The second kappa shape index (κ2) is 6.04. The van der Waals surface area contributed by atoms with Gasteiger partial charge in [-0.3, -0.25) is 4.79 Å². The van der Waals surface area contributed by atoms with Gasteiger partial charge in [0.15, 0.2) is 0 Å². The number of carbonyl (C=O) groups is 1. The van der Waals surface area contributed by atoms with Crippen LogP contribution in [0, 0.1) is 5.92 Å². The molecule has 0 fully saturated rings. The summed E-state index contributed by atoms with van der Waals surface area (Å²) in [6, 6.07) is 0. The molecule has 12 heavy (non-hydrogen) atoms. The van der Waals surface area contributed by atoms with Crippen molar-refractivity contribution in [3.05, 3.63) is 0 Å². The van der Waals surface area contributed by atoms with E-state index in [1.54, 1.807) is 0 Å². The van der Waals surface area contributed by atoms with Gasteiger partial charge in [-0.25, -0.2) is 0 Å². The lowest BCUT2D eigenvalue weighted by atomic mass is 10.00. The minimum Gasteiger partial charge on any atom is -0.463 e. The minimum absolute atomic E-state index is 0.123. The molecule has 0 bridgehead atoms. The molecule has 2 nitrogen and oxygen atoms in total. The van der Waals surface area contributed by atoms with Crippen molar-refractivity contribution in [1.82, 2.24) is 0 Å². The van der Waals surface area contributed by atoms with Crippen molar-refractivity contribution in [2.75, 3.05) is 0 Å². The Bertz CT molecular complexity index is 132. The Labute approximate surface area is 75.3 Å². The van der Waals surface area contributed by atoms with Gasteiger partial charge in [-0.05, 0) is 18.8 Å². The van der Waals surface area contributed by atoms with Crippen molar-refractivity contribution in [3.8, 4) is 0 Å². The standard InChI is InChI=1S/C10H20O2/c1-5-8(3)7-10(6-2)12-9(4)11/h8,10H,5-7H2,1-4H3/t8-,10+/m0/s1. The average Bonchev–Trinajstić information content (AvgIpc) is 2.02. The van der Waals surface area contributed by atoms with Crippen molar-refractivity contribution in [2.24, 2.45) is 5.92 Å². The number of hydrogen-bond acceptors (Lipinski definition) is 2. The van der Waals surface area contributed by atoms with E-state index in [9.17, 15) is 4.79 Å². The number of esters is 1. The Morgan fingerprint density at radius 2 is 1.92 bits per heavy atom. The number of hydrogen-bond donors (Lipinski definition) is 0. The third kappa shape index (κ3) is 5.16. The topological polar surface area (TPSA) is 26.3 Å². The molecule has 0 aromatic heterocycles. The van der Waals surface area contributed by atoms with E-state index in [-0.39, 0.29) is 12.1 Å². The monoisotopic (exact) mass is 172 g/mol. The Kier molecular flexibility index (Phi) is 5.77. The molecule has 0 heterocycles. The first-order valence-corrected chi connectivity index (χ1v) is 4.77. The first-order valence-electron chi connectivity index (χ1n) is 4.77. The van der Waals surface area contributed by atoms with E-state index in [0.29, 0.717) is 5.92 Å². The van der Waals surface area contributed by atoms with Crippen LogP contribution < -0.4 is 0 Å². The third-order valence-electron chi connectivity index (χ3n) is 2.15. The van der Waals surface area contributed by atoms with Crippen LogP contribution in [0.5, 0.6) is 0 Å². The fourth-order valence-corrected chi connectivity index (χ4v) is 1.15. The van der Waals surface area contributed by atoms with Gasteiger partial charge in [0.05, 0.1) is 0 Å². The lowest BCUT2D eigenvalue weighted by Crippen LogP contribution is -2.18. The summed E-state index contributed by atoms with van der Waals surface area (Å²) in [5, 5.41) is 0. The molecule has 0 amide bonds. The molecule has 0 rings (SSSR count). The van der Waals surface area contributed by atoms with Gasteiger partial charge in [0.25, 0.3) is 0 Å². The highest BCUT2D eigenvalue weighted by Crippen LogP contribution is 2.14. The average molecular weight is 172 g/mol. The maximum Gasteiger partial charge on any atom is 0.302 e. The predicted molar refractivity (Wildman–Crippen MR) is 49.9 cm³/mol. The van der Waals surface area contributed by atoms with Crippen LogP contribution in [-0.2, 0) is 9.53 Å². The smallest absolute Gasteiger partial charge is 0.302 e. The molecule has 0 saturated heterocycles. The Morgan fingerprint density at radius 1 is 1.33 bits per heavy atom. The lowest BCUT2D eigenvalue weighted by Gasteiger charge is -2.18. The fourth-order valence-electron chi connectivity index (χ4n) is 1.15. The number of carbonyl (C=O) groups excluding carboxylic acids is 1. The van der Waals surface area contributed by atoms with Crippen LogP contribution in [0.1, 0.15) is 47.0 Å². The Balaban J connectivity index is 3.74. The molecule has 0 aliphatic carbocycles. The van der Waals surface area contributed by atoms with Gasteiger partial charge in [-0.15, -0.1) is 0 Å². The van der Waals surface area contributed by atoms with Crippen LogP contribution >= 0.6 is 0 Å². The summed E-state index contributed by atoms with van der Waals surface area (Å²) in [4.78, 5) is 10.7. The molecule has 0 radical (unpaired) electrons. The van der Waals surface area contributed by atoms with Crippen molar-refractivity contribution in [1.29, 1.82) is 0 Å². The zero-order valence-electron chi connectivity index (χ0n) is 8.59. The van der Waals surface area contributed by atoms with Gasteiger partial charge in [-0.2, -0.15) is 0 Å². The van der Waals surface area contributed by atoms with Gasteiger partial charge >= 0.3 is 5.97 Å². The van der Waals surface area contributed by atoms with E-state index in [1.807, 2.05) is 0 Å². The second-order valence-electron chi connectivity index (χ2n) is 3.39. The second-order valence-corrected chi connectivity index (χ2v) is 3.39. The van der Waals surface area contributed by atoms with Gasteiger partial charge in [0.1, 0.15) is 6.10 Å². The predicted octanol–water partition coefficient (Wildman–Crippen LogP) is 2.76. The van der Waals surface area contributed by atoms with Crippen molar-refractivity contribution >= 4 is 5.97 Å². The summed E-state index contributed by atoms with van der Waals surface area (Å²) >= 11 is 0.